The number of nitrogens with zero attached hydrogens (tertiary/aromatic N) is 3. The highest BCUT2D eigenvalue weighted by Gasteiger charge is 2.11. The maximum Gasteiger partial charge on any atom is 0.313 e. The van der Waals surface area contributed by atoms with E-state index in [1.807, 2.05) is 0 Å². The van der Waals surface area contributed by atoms with Crippen LogP contribution in [0.25, 0.3) is 10.9 Å². The molecular weight excluding hydrogens is 258 g/mol. The van der Waals surface area contributed by atoms with E-state index in [9.17, 15) is 14.9 Å². The summed E-state index contributed by atoms with van der Waals surface area (Å²) in [5.41, 5.74) is 0.470. The average Bonchev–Trinajstić information content (AvgIpc) is 2.35. The number of aromatic nitrogens is 2. The van der Waals surface area contributed by atoms with Gasteiger partial charge in [0.2, 0.25) is 0 Å². The zero-order valence-corrected chi connectivity index (χ0v) is 9.75. The summed E-state index contributed by atoms with van der Waals surface area (Å²) < 4.78 is 0. The molecule has 0 aliphatic carbocycles. The van der Waals surface area contributed by atoms with Crippen molar-refractivity contribution in [2.24, 2.45) is 0 Å². The van der Waals surface area contributed by atoms with Crippen LogP contribution in [0.2, 0.25) is 0 Å². The van der Waals surface area contributed by atoms with Crippen molar-refractivity contribution in [1.82, 2.24) is 9.97 Å². The number of nitro benzene ring substituents is 1. The lowest BCUT2D eigenvalue weighted by atomic mass is 10.2. The van der Waals surface area contributed by atoms with Gasteiger partial charge in [-0.05, 0) is 6.07 Å². The van der Waals surface area contributed by atoms with Gasteiger partial charge in [0.05, 0.1) is 16.2 Å². The molecule has 0 bridgehead atoms. The summed E-state index contributed by atoms with van der Waals surface area (Å²) in [5, 5.41) is 20.2. The number of nitro groups is 1. The second-order valence-corrected chi connectivity index (χ2v) is 4.28. The lowest BCUT2D eigenvalue weighted by molar-refractivity contribution is -0.384. The number of carboxylic acid groups (broad SMARTS) is 1. The van der Waals surface area contributed by atoms with E-state index >= 15 is 0 Å². The summed E-state index contributed by atoms with van der Waals surface area (Å²) in [4.78, 5) is 28.6. The third-order valence-electron chi connectivity index (χ3n) is 2.13. The van der Waals surface area contributed by atoms with Crippen molar-refractivity contribution in [3.63, 3.8) is 0 Å². The molecule has 1 heterocycles. The Balaban J connectivity index is 2.48. The lowest BCUT2D eigenvalue weighted by Gasteiger charge is -2.02. The Kier molecular flexibility index (Phi) is 3.38. The topological polar surface area (TPSA) is 106 Å². The molecule has 1 aromatic heterocycles. The molecule has 2 aromatic rings. The third-order valence-corrected chi connectivity index (χ3v) is 3.12. The number of rotatable bonds is 4. The summed E-state index contributed by atoms with van der Waals surface area (Å²) in [6.45, 7) is 0. The van der Waals surface area contributed by atoms with E-state index in [2.05, 4.69) is 9.97 Å². The first-order valence-corrected chi connectivity index (χ1v) is 5.80. The van der Waals surface area contributed by atoms with Crippen molar-refractivity contribution < 1.29 is 14.8 Å². The van der Waals surface area contributed by atoms with Crippen molar-refractivity contribution in [1.29, 1.82) is 0 Å². The maximum absolute atomic E-state index is 10.7. The number of hydrogen-bond acceptors (Lipinski definition) is 6. The normalized spacial score (nSPS) is 10.4. The van der Waals surface area contributed by atoms with Crippen LogP contribution in [0, 0.1) is 10.1 Å². The predicted molar refractivity (Wildman–Crippen MR) is 64.6 cm³/mol. The molecule has 2 rings (SSSR count). The highest BCUT2D eigenvalue weighted by molar-refractivity contribution is 8.00. The summed E-state index contributed by atoms with van der Waals surface area (Å²) in [7, 11) is 0. The molecule has 7 nitrogen and oxygen atoms in total. The second kappa shape index (κ2) is 4.96. The highest BCUT2D eigenvalue weighted by Crippen LogP contribution is 2.27. The fourth-order valence-corrected chi connectivity index (χ4v) is 2.08. The molecule has 0 radical (unpaired) electrons. The lowest BCUT2D eigenvalue weighted by Crippen LogP contribution is -1.99. The quantitative estimate of drug-likeness (QED) is 0.388. The van der Waals surface area contributed by atoms with Crippen LogP contribution in [0.3, 0.4) is 0 Å². The fraction of sp³-hybridized carbons (Fsp3) is 0.100. The molecule has 8 heteroatoms. The molecule has 0 saturated carbocycles. The van der Waals surface area contributed by atoms with E-state index in [0.717, 1.165) is 11.8 Å². The van der Waals surface area contributed by atoms with Crippen LogP contribution < -0.4 is 0 Å². The molecule has 0 spiro atoms. The van der Waals surface area contributed by atoms with Crippen molar-refractivity contribution in [3.05, 3.63) is 34.6 Å². The zero-order valence-electron chi connectivity index (χ0n) is 8.94. The van der Waals surface area contributed by atoms with Crippen molar-refractivity contribution >= 4 is 34.3 Å². The van der Waals surface area contributed by atoms with Crippen LogP contribution in [0.5, 0.6) is 0 Å². The number of benzene rings is 1. The largest absolute Gasteiger partial charge is 0.481 e. The van der Waals surface area contributed by atoms with Crippen molar-refractivity contribution in [3.8, 4) is 0 Å². The summed E-state index contributed by atoms with van der Waals surface area (Å²) in [6.07, 6.45) is 1.30. The van der Waals surface area contributed by atoms with Gasteiger partial charge in [-0.3, -0.25) is 14.9 Å². The monoisotopic (exact) mass is 265 g/mol. The Morgan fingerprint density at radius 2 is 2.22 bits per heavy atom. The predicted octanol–water partition coefficient (Wildman–Crippen LogP) is 1.71. The van der Waals surface area contributed by atoms with Gasteiger partial charge in [0.15, 0.2) is 0 Å². The van der Waals surface area contributed by atoms with Crippen LogP contribution in [-0.4, -0.2) is 31.7 Å². The first-order chi connectivity index (χ1) is 8.58. The number of fused-ring (bicyclic) bond motifs is 1. The molecule has 0 amide bonds. The number of non-ortho nitro benzene ring substituents is 1. The summed E-state index contributed by atoms with van der Waals surface area (Å²) in [6, 6.07) is 4.21. The van der Waals surface area contributed by atoms with Crippen LogP contribution in [0.15, 0.2) is 29.6 Å². The van der Waals surface area contributed by atoms with Gasteiger partial charge in [0, 0.05) is 17.5 Å². The summed E-state index contributed by atoms with van der Waals surface area (Å²) in [5.74, 6) is -1.13. The zero-order chi connectivity index (χ0) is 13.1. The number of carbonyl (C=O) groups is 1. The Bertz CT molecular complexity index is 632. The Labute approximate surface area is 105 Å². The number of hydrogen-bond donors (Lipinski definition) is 1. The smallest absolute Gasteiger partial charge is 0.313 e. The number of carboxylic acids is 1. The van der Waals surface area contributed by atoms with E-state index in [0.29, 0.717) is 15.9 Å². The molecule has 1 N–H and O–H groups in total. The van der Waals surface area contributed by atoms with Gasteiger partial charge in [0.25, 0.3) is 5.69 Å². The minimum absolute atomic E-state index is 0.0746. The van der Waals surface area contributed by atoms with Gasteiger partial charge < -0.3 is 5.11 Å². The molecule has 92 valence electrons. The number of thioether (sulfide) groups is 1. The van der Waals surface area contributed by atoms with E-state index < -0.39 is 10.9 Å². The molecule has 0 fully saturated rings. The molecule has 1 aromatic carbocycles. The molecular formula is C10H7N3O4S. The van der Waals surface area contributed by atoms with Crippen molar-refractivity contribution in [2.45, 2.75) is 5.03 Å². The molecule has 0 unspecified atom stereocenters. The molecule has 18 heavy (non-hydrogen) atoms. The van der Waals surface area contributed by atoms with E-state index in [1.165, 1.54) is 24.5 Å². The first kappa shape index (κ1) is 12.2. The van der Waals surface area contributed by atoms with Gasteiger partial charge in [-0.1, -0.05) is 11.8 Å². The fourth-order valence-electron chi connectivity index (χ4n) is 1.38. The van der Waals surface area contributed by atoms with Crippen LogP contribution in [0.1, 0.15) is 0 Å². The SMILES string of the molecule is O=C(O)CSc1ncnc2ccc([N+](=O)[O-])cc12. The second-order valence-electron chi connectivity index (χ2n) is 3.32. The van der Waals surface area contributed by atoms with E-state index in [1.54, 1.807) is 0 Å². The van der Waals surface area contributed by atoms with E-state index in [-0.39, 0.29) is 11.4 Å². The molecule has 0 aliphatic rings. The first-order valence-electron chi connectivity index (χ1n) is 4.81. The van der Waals surface area contributed by atoms with E-state index in [4.69, 9.17) is 5.11 Å². The molecule has 0 aliphatic heterocycles. The Hall–Kier alpha value is -2.22. The Morgan fingerprint density at radius 1 is 1.44 bits per heavy atom. The van der Waals surface area contributed by atoms with Gasteiger partial charge >= 0.3 is 5.97 Å². The Morgan fingerprint density at radius 3 is 2.89 bits per heavy atom. The van der Waals surface area contributed by atoms with Crippen LogP contribution in [-0.2, 0) is 4.79 Å². The minimum atomic E-state index is -0.975. The molecule has 0 atom stereocenters. The van der Waals surface area contributed by atoms with Crippen LogP contribution in [0.4, 0.5) is 5.69 Å². The third kappa shape index (κ3) is 2.54. The van der Waals surface area contributed by atoms with Gasteiger partial charge in [-0.15, -0.1) is 0 Å². The highest BCUT2D eigenvalue weighted by atomic mass is 32.2. The van der Waals surface area contributed by atoms with Gasteiger partial charge in [0.1, 0.15) is 11.4 Å². The average molecular weight is 265 g/mol. The molecule has 0 saturated heterocycles. The summed E-state index contributed by atoms with van der Waals surface area (Å²) >= 11 is 1.01. The van der Waals surface area contributed by atoms with Gasteiger partial charge in [-0.2, -0.15) is 0 Å². The van der Waals surface area contributed by atoms with Crippen molar-refractivity contribution in [2.75, 3.05) is 5.75 Å². The van der Waals surface area contributed by atoms with Gasteiger partial charge in [-0.25, -0.2) is 9.97 Å². The van der Waals surface area contributed by atoms with Crippen LogP contribution >= 0.6 is 11.8 Å². The maximum atomic E-state index is 10.7. The minimum Gasteiger partial charge on any atom is -0.481 e. The standard InChI is InChI=1S/C10H7N3O4S/c14-9(15)4-18-10-7-3-6(13(16)17)1-2-8(7)11-5-12-10/h1-3,5H,4H2,(H,14,15). The number of aliphatic carboxylic acids is 1.